The van der Waals surface area contributed by atoms with E-state index in [1.807, 2.05) is 44.1 Å². The number of benzene rings is 1. The third kappa shape index (κ3) is 8.91. The summed E-state index contributed by atoms with van der Waals surface area (Å²) >= 11 is 1.36. The third-order valence-corrected chi connectivity index (χ3v) is 13.8. The molecule has 2 aromatic heterocycles. The Bertz CT molecular complexity index is 2250. The molecule has 15 heteroatoms. The second kappa shape index (κ2) is 19.0. The van der Waals surface area contributed by atoms with Crippen LogP contribution in [0.3, 0.4) is 0 Å². The number of allylic oxidation sites excluding steroid dienone is 2. The molecule has 3 aliphatic heterocycles. The summed E-state index contributed by atoms with van der Waals surface area (Å²) in [5.74, 6) is -2.47. The van der Waals surface area contributed by atoms with E-state index >= 15 is 0 Å². The highest BCUT2D eigenvalue weighted by atomic mass is 32.1. The van der Waals surface area contributed by atoms with Gasteiger partial charge in [0.15, 0.2) is 0 Å². The van der Waals surface area contributed by atoms with E-state index in [1.165, 1.54) is 16.3 Å². The molecule has 3 fully saturated rings. The standard InChI is InChI=1S/C47H63N7O7S/c1-10-30(38(48-11-2)28(6)59-9)40-32-24-47(7,8)26-61-46(58)33-17-16-22-54(51-33)45(57)39(50-42(55)36-27(5)37(36)44(56)52-20-14-15-21-52)41(60-13-4)43-49-34(25-62-43)29-18-19-35(31(32)23-29)53(40)12-3/h10-11,18-19,23,25,27-28,33,36-37,39,41,51H,1,12-17,20-22,24,26H2,2-9H3,(H,50,55)/b38-30+,48-11-/t27-,28+,33+,36-,37-,39+,41+/m1/s1. The molecule has 6 bridgehead atoms. The predicted molar refractivity (Wildman–Crippen MR) is 241 cm³/mol. The van der Waals surface area contributed by atoms with Crippen molar-refractivity contribution in [3.8, 4) is 11.3 Å². The number of hydrogen-bond acceptors (Lipinski definition) is 11. The molecule has 2 N–H and O–H groups in total. The quantitative estimate of drug-likeness (QED) is 0.125. The fourth-order valence-corrected chi connectivity index (χ4v) is 10.4. The number of amides is 3. The number of nitrogens with zero attached hydrogens (tertiary/aromatic N) is 5. The maximum absolute atomic E-state index is 14.8. The van der Waals surface area contributed by atoms with Crippen LogP contribution in [0, 0.1) is 23.2 Å². The Hall–Kier alpha value is -4.70. The number of nitrogens with one attached hydrogen (secondary N) is 2. The maximum atomic E-state index is 14.8. The molecule has 1 aliphatic carbocycles. The number of aromatic nitrogens is 2. The zero-order chi connectivity index (χ0) is 44.5. The van der Waals surface area contributed by atoms with Gasteiger partial charge in [0, 0.05) is 78.9 Å². The van der Waals surface area contributed by atoms with Crippen molar-refractivity contribution in [3.63, 3.8) is 0 Å². The Morgan fingerprint density at radius 1 is 1.16 bits per heavy atom. The van der Waals surface area contributed by atoms with E-state index in [1.54, 1.807) is 13.3 Å². The lowest BCUT2D eigenvalue weighted by Gasteiger charge is -2.37. The number of fused-ring (bicyclic) bond motifs is 6. The number of aryl methyl sites for hydroxylation is 1. The van der Waals surface area contributed by atoms with Gasteiger partial charge in [0.05, 0.1) is 41.6 Å². The van der Waals surface area contributed by atoms with Crippen LogP contribution in [0.4, 0.5) is 0 Å². The predicted octanol–water partition coefficient (Wildman–Crippen LogP) is 6.50. The number of carbonyl (C=O) groups is 4. The first-order valence-corrected chi connectivity index (χ1v) is 23.1. The molecule has 7 rings (SSSR count). The Balaban J connectivity index is 1.35. The van der Waals surface area contributed by atoms with Gasteiger partial charge in [0.25, 0.3) is 5.91 Å². The number of likely N-dealkylation sites (tertiary alicyclic amines) is 1. The van der Waals surface area contributed by atoms with Crippen LogP contribution in [0.5, 0.6) is 0 Å². The van der Waals surface area contributed by atoms with Crippen molar-refractivity contribution in [2.24, 2.45) is 28.2 Å². The molecule has 1 saturated carbocycles. The SMILES string of the molecule is C=C/C(=C(\N=C/C)[C@H](C)OC)c1c2c3cc(ccc3n1CC)-c1csc(n1)[C@@H](OCC)[C@H](NC(=O)[C@@H]1[C@@H](C)[C@H]1C(=O)N1CCCC1)C(=O)N1CCC[C@H](N1)C(=O)OCC(C)(C)C2. The van der Waals surface area contributed by atoms with Gasteiger partial charge in [-0.15, -0.1) is 11.3 Å². The van der Waals surface area contributed by atoms with E-state index in [-0.39, 0.29) is 37.0 Å². The van der Waals surface area contributed by atoms with E-state index in [2.05, 4.69) is 60.9 Å². The van der Waals surface area contributed by atoms with Crippen molar-refractivity contribution < 1.29 is 33.4 Å². The molecule has 3 aromatic rings. The summed E-state index contributed by atoms with van der Waals surface area (Å²) in [5, 5.41) is 7.95. The summed E-state index contributed by atoms with van der Waals surface area (Å²) < 4.78 is 20.6. The Morgan fingerprint density at radius 2 is 1.92 bits per heavy atom. The summed E-state index contributed by atoms with van der Waals surface area (Å²) in [6, 6.07) is 4.32. The molecule has 1 aromatic carbocycles. The van der Waals surface area contributed by atoms with Crippen molar-refractivity contribution in [2.45, 2.75) is 111 Å². The Morgan fingerprint density at radius 3 is 2.60 bits per heavy atom. The molecule has 5 heterocycles. The molecule has 0 unspecified atom stereocenters. The van der Waals surface area contributed by atoms with Crippen LogP contribution < -0.4 is 10.7 Å². The average molecular weight is 870 g/mol. The lowest BCUT2D eigenvalue weighted by atomic mass is 9.84. The third-order valence-electron chi connectivity index (χ3n) is 12.9. The number of thiazole rings is 1. The fraction of sp³-hybridized carbons (Fsp3) is 0.574. The fourth-order valence-electron chi connectivity index (χ4n) is 9.49. The van der Waals surface area contributed by atoms with Crippen molar-refractivity contribution in [1.82, 2.24) is 30.2 Å². The van der Waals surface area contributed by atoms with Gasteiger partial charge >= 0.3 is 5.97 Å². The number of carbonyl (C=O) groups excluding carboxylic acids is 4. The molecule has 4 aliphatic rings. The van der Waals surface area contributed by atoms with Crippen molar-refractivity contribution in [3.05, 3.63) is 58.2 Å². The van der Waals surface area contributed by atoms with Gasteiger partial charge in [-0.2, -0.15) is 0 Å². The lowest BCUT2D eigenvalue weighted by molar-refractivity contribution is -0.156. The second-order valence-corrected chi connectivity index (χ2v) is 18.6. The molecule has 7 atom stereocenters. The van der Waals surface area contributed by atoms with Crippen LogP contribution in [0.2, 0.25) is 0 Å². The van der Waals surface area contributed by atoms with Crippen molar-refractivity contribution >= 4 is 57.7 Å². The van der Waals surface area contributed by atoms with Crippen molar-refractivity contribution in [2.75, 3.05) is 40.0 Å². The van der Waals surface area contributed by atoms with Crippen molar-refractivity contribution in [1.29, 1.82) is 0 Å². The smallest absolute Gasteiger partial charge is 0.324 e. The van der Waals surface area contributed by atoms with Crippen LogP contribution in [0.15, 0.2) is 46.9 Å². The van der Waals surface area contributed by atoms with E-state index in [0.29, 0.717) is 56.1 Å². The Kier molecular flexibility index (Phi) is 13.9. The van der Waals surface area contributed by atoms with E-state index < -0.39 is 47.3 Å². The molecule has 0 radical (unpaired) electrons. The zero-order valence-electron chi connectivity index (χ0n) is 37.5. The molecule has 62 heavy (non-hydrogen) atoms. The topological polar surface area (TPSA) is 157 Å². The summed E-state index contributed by atoms with van der Waals surface area (Å²) in [7, 11) is 1.67. The lowest BCUT2D eigenvalue weighted by Crippen LogP contribution is -2.61. The van der Waals surface area contributed by atoms with Gasteiger partial charge in [-0.05, 0) is 83.4 Å². The highest BCUT2D eigenvalue weighted by Crippen LogP contribution is 2.48. The van der Waals surface area contributed by atoms with Crippen LogP contribution in [-0.2, 0) is 46.4 Å². The number of methoxy groups -OCH3 is 1. The molecular weight excluding hydrogens is 807 g/mol. The highest BCUT2D eigenvalue weighted by Gasteiger charge is 2.58. The number of esters is 1. The first kappa shape index (κ1) is 45.3. The highest BCUT2D eigenvalue weighted by molar-refractivity contribution is 7.10. The van der Waals surface area contributed by atoms with E-state index in [0.717, 1.165) is 51.8 Å². The monoisotopic (exact) mass is 869 g/mol. The molecule has 2 saturated heterocycles. The molecule has 0 spiro atoms. The normalized spacial score (nSPS) is 26.3. The van der Waals surface area contributed by atoms with Gasteiger partial charge < -0.3 is 29.0 Å². The number of hydrogen-bond donors (Lipinski definition) is 2. The van der Waals surface area contributed by atoms with Crippen LogP contribution in [0.25, 0.3) is 27.7 Å². The minimum absolute atomic E-state index is 0.00274. The van der Waals surface area contributed by atoms with Gasteiger partial charge in [0.1, 0.15) is 23.2 Å². The van der Waals surface area contributed by atoms with E-state index in [9.17, 15) is 19.2 Å². The number of cyclic esters (lactones) is 1. The second-order valence-electron chi connectivity index (χ2n) is 17.7. The number of ether oxygens (including phenoxy) is 3. The summed E-state index contributed by atoms with van der Waals surface area (Å²) in [6.45, 7) is 20.9. The van der Waals surface area contributed by atoms with Crippen LogP contribution >= 0.6 is 11.3 Å². The number of aliphatic imine (C=N–C) groups is 1. The molecule has 3 amide bonds. The first-order chi connectivity index (χ1) is 29.8. The molecule has 14 nitrogen and oxygen atoms in total. The number of hydrazine groups is 1. The average Bonchev–Trinajstić information content (AvgIpc) is 3.71. The van der Waals surface area contributed by atoms with E-state index in [4.69, 9.17) is 24.2 Å². The van der Waals surface area contributed by atoms with Crippen LogP contribution in [0.1, 0.15) is 96.5 Å². The maximum Gasteiger partial charge on any atom is 0.324 e. The Labute approximate surface area is 369 Å². The summed E-state index contributed by atoms with van der Waals surface area (Å²) in [6.07, 6.45) is 5.80. The minimum atomic E-state index is -1.20. The number of rotatable bonds is 11. The minimum Gasteiger partial charge on any atom is -0.464 e. The summed E-state index contributed by atoms with van der Waals surface area (Å²) in [4.78, 5) is 68.1. The van der Waals surface area contributed by atoms with Gasteiger partial charge in [-0.3, -0.25) is 29.2 Å². The first-order valence-electron chi connectivity index (χ1n) is 22.2. The molecular formula is C47H63N7O7S. The largest absolute Gasteiger partial charge is 0.464 e. The van der Waals surface area contributed by atoms with Gasteiger partial charge in [0.2, 0.25) is 11.8 Å². The zero-order valence-corrected chi connectivity index (χ0v) is 38.3. The van der Waals surface area contributed by atoms with Crippen LogP contribution in [-0.4, -0.2) is 108 Å². The summed E-state index contributed by atoms with van der Waals surface area (Å²) in [5.41, 5.74) is 8.85. The molecule has 334 valence electrons. The van der Waals surface area contributed by atoms with Gasteiger partial charge in [-0.25, -0.2) is 10.4 Å². The van der Waals surface area contributed by atoms with Gasteiger partial charge in [-0.1, -0.05) is 39.5 Å².